The quantitative estimate of drug-likeness (QED) is 0.478. The molecule has 2 saturated carbocycles. The minimum Gasteiger partial charge on any atom is -0.0999 e. The van der Waals surface area contributed by atoms with Crippen LogP contribution in [-0.4, -0.2) is 0 Å². The van der Waals surface area contributed by atoms with E-state index < -0.39 is 0 Å². The molecule has 2 aliphatic carbocycles. The summed E-state index contributed by atoms with van der Waals surface area (Å²) in [6.07, 6.45) is 12.7. The van der Waals surface area contributed by atoms with E-state index in [1.54, 1.807) is 0 Å². The predicted molar refractivity (Wildman–Crippen MR) is 85.2 cm³/mol. The Balaban J connectivity index is 1.74. The smallest absolute Gasteiger partial charge is 0.0294 e. The highest BCUT2D eigenvalue weighted by atomic mass is 14.5. The highest BCUT2D eigenvalue weighted by Gasteiger charge is 2.41. The van der Waals surface area contributed by atoms with Crippen LogP contribution in [0.5, 0.6) is 0 Å². The van der Waals surface area contributed by atoms with Crippen LogP contribution in [0.4, 0.5) is 0 Å². The minimum atomic E-state index is 0.962. The molecule has 0 N–H and O–H groups in total. The topological polar surface area (TPSA) is 0 Å². The molecule has 0 aliphatic heterocycles. The first kappa shape index (κ1) is 15.1. The molecule has 0 radical (unpaired) electrons. The van der Waals surface area contributed by atoms with Gasteiger partial charge in [0.2, 0.25) is 0 Å². The van der Waals surface area contributed by atoms with Gasteiger partial charge in [0.15, 0.2) is 0 Å². The van der Waals surface area contributed by atoms with Gasteiger partial charge in [0, 0.05) is 0 Å². The standard InChI is InChI=1S/C19H34/c1-5-17(15(4)19-13-18(19)6-2)11-10-16-9-7-8-14(3)12-16/h15-19H,3,5-13H2,1-2,4H3. The van der Waals surface area contributed by atoms with Gasteiger partial charge in [-0.15, -0.1) is 0 Å². The van der Waals surface area contributed by atoms with Crippen molar-refractivity contribution in [2.75, 3.05) is 0 Å². The molecular formula is C19H34. The van der Waals surface area contributed by atoms with Gasteiger partial charge < -0.3 is 0 Å². The van der Waals surface area contributed by atoms with Crippen LogP contribution < -0.4 is 0 Å². The predicted octanol–water partition coefficient (Wildman–Crippen LogP) is 6.22. The van der Waals surface area contributed by atoms with Crippen LogP contribution in [0.2, 0.25) is 0 Å². The Kier molecular flexibility index (Phi) is 5.54. The molecular weight excluding hydrogens is 228 g/mol. The molecule has 2 aliphatic rings. The van der Waals surface area contributed by atoms with Gasteiger partial charge >= 0.3 is 0 Å². The Morgan fingerprint density at radius 3 is 2.68 bits per heavy atom. The molecule has 2 rings (SSSR count). The van der Waals surface area contributed by atoms with Gasteiger partial charge in [-0.2, -0.15) is 0 Å². The molecule has 0 spiro atoms. The number of hydrogen-bond donors (Lipinski definition) is 0. The Hall–Kier alpha value is -0.260. The maximum atomic E-state index is 4.21. The first-order valence-electron chi connectivity index (χ1n) is 8.82. The molecule has 110 valence electrons. The number of rotatable bonds is 7. The van der Waals surface area contributed by atoms with Crippen LogP contribution in [0.25, 0.3) is 0 Å². The summed E-state index contributed by atoms with van der Waals surface area (Å²) in [6.45, 7) is 11.5. The summed E-state index contributed by atoms with van der Waals surface area (Å²) in [5, 5.41) is 0. The normalized spacial score (nSPS) is 34.1. The van der Waals surface area contributed by atoms with E-state index in [0.717, 1.165) is 29.6 Å². The van der Waals surface area contributed by atoms with E-state index in [-0.39, 0.29) is 0 Å². The molecule has 19 heavy (non-hydrogen) atoms. The lowest BCUT2D eigenvalue weighted by Gasteiger charge is -2.28. The third-order valence-corrected chi connectivity index (χ3v) is 6.11. The summed E-state index contributed by atoms with van der Waals surface area (Å²) in [4.78, 5) is 0. The van der Waals surface area contributed by atoms with Gasteiger partial charge in [-0.05, 0) is 74.5 Å². The fourth-order valence-corrected chi connectivity index (χ4v) is 4.52. The second-order valence-electron chi connectivity index (χ2n) is 7.39. The molecule has 0 nitrogen and oxygen atoms in total. The highest BCUT2D eigenvalue weighted by molar-refractivity contribution is 4.99. The van der Waals surface area contributed by atoms with E-state index >= 15 is 0 Å². The number of allylic oxidation sites excluding steroid dienone is 1. The number of hydrogen-bond acceptors (Lipinski definition) is 0. The summed E-state index contributed by atoms with van der Waals surface area (Å²) in [5.74, 6) is 5.05. The molecule has 0 aromatic heterocycles. The zero-order valence-corrected chi connectivity index (χ0v) is 13.5. The van der Waals surface area contributed by atoms with Crippen molar-refractivity contribution in [1.82, 2.24) is 0 Å². The maximum Gasteiger partial charge on any atom is -0.0294 e. The van der Waals surface area contributed by atoms with Crippen LogP contribution >= 0.6 is 0 Å². The van der Waals surface area contributed by atoms with E-state index in [0.29, 0.717) is 0 Å². The van der Waals surface area contributed by atoms with E-state index in [1.807, 2.05) is 0 Å². The van der Waals surface area contributed by atoms with Crippen LogP contribution in [-0.2, 0) is 0 Å². The second-order valence-corrected chi connectivity index (χ2v) is 7.39. The molecule has 0 aromatic carbocycles. The van der Waals surface area contributed by atoms with Crippen molar-refractivity contribution >= 4 is 0 Å². The molecule has 0 amide bonds. The van der Waals surface area contributed by atoms with Crippen molar-refractivity contribution in [1.29, 1.82) is 0 Å². The second kappa shape index (κ2) is 6.95. The van der Waals surface area contributed by atoms with Crippen molar-refractivity contribution in [2.24, 2.45) is 29.6 Å². The molecule has 0 bridgehead atoms. The van der Waals surface area contributed by atoms with Gasteiger partial charge in [0.05, 0.1) is 0 Å². The maximum absolute atomic E-state index is 4.21. The van der Waals surface area contributed by atoms with E-state index in [2.05, 4.69) is 27.4 Å². The molecule has 0 heteroatoms. The average Bonchev–Trinajstić information content (AvgIpc) is 3.18. The van der Waals surface area contributed by atoms with Crippen molar-refractivity contribution in [3.63, 3.8) is 0 Å². The van der Waals surface area contributed by atoms with Crippen molar-refractivity contribution in [2.45, 2.75) is 78.6 Å². The monoisotopic (exact) mass is 262 g/mol. The zero-order chi connectivity index (χ0) is 13.8. The summed E-state index contributed by atoms with van der Waals surface area (Å²) >= 11 is 0. The van der Waals surface area contributed by atoms with Gasteiger partial charge in [0.25, 0.3) is 0 Å². The van der Waals surface area contributed by atoms with E-state index in [9.17, 15) is 0 Å². The summed E-state index contributed by atoms with van der Waals surface area (Å²) < 4.78 is 0. The van der Waals surface area contributed by atoms with Crippen LogP contribution in [0.15, 0.2) is 12.2 Å². The highest BCUT2D eigenvalue weighted by Crippen LogP contribution is 2.50. The lowest BCUT2D eigenvalue weighted by molar-refractivity contribution is 0.251. The summed E-state index contributed by atoms with van der Waals surface area (Å²) in [5.41, 5.74) is 1.52. The largest absolute Gasteiger partial charge is 0.0999 e. The van der Waals surface area contributed by atoms with Crippen LogP contribution in [0.1, 0.15) is 78.6 Å². The summed E-state index contributed by atoms with van der Waals surface area (Å²) in [6, 6.07) is 0. The SMILES string of the molecule is C=C1CCCC(CCC(CC)C(C)C2CC2CC)C1. The van der Waals surface area contributed by atoms with Gasteiger partial charge in [-0.25, -0.2) is 0 Å². The Morgan fingerprint density at radius 1 is 1.32 bits per heavy atom. The molecule has 5 atom stereocenters. The third kappa shape index (κ3) is 4.10. The van der Waals surface area contributed by atoms with Crippen LogP contribution in [0, 0.1) is 29.6 Å². The third-order valence-electron chi connectivity index (χ3n) is 6.11. The fraction of sp³-hybridized carbons (Fsp3) is 0.895. The van der Waals surface area contributed by atoms with Crippen molar-refractivity contribution < 1.29 is 0 Å². The van der Waals surface area contributed by atoms with Gasteiger partial charge in [0.1, 0.15) is 0 Å². The Morgan fingerprint density at radius 2 is 2.11 bits per heavy atom. The average molecular weight is 262 g/mol. The first-order valence-corrected chi connectivity index (χ1v) is 8.82. The molecule has 2 fully saturated rings. The van der Waals surface area contributed by atoms with Crippen molar-refractivity contribution in [3.05, 3.63) is 12.2 Å². The van der Waals surface area contributed by atoms with Gasteiger partial charge in [-0.3, -0.25) is 0 Å². The lowest BCUT2D eigenvalue weighted by Crippen LogP contribution is -2.17. The molecule has 5 unspecified atom stereocenters. The minimum absolute atomic E-state index is 0.962. The molecule has 0 saturated heterocycles. The van der Waals surface area contributed by atoms with Crippen LogP contribution in [0.3, 0.4) is 0 Å². The summed E-state index contributed by atoms with van der Waals surface area (Å²) in [7, 11) is 0. The van der Waals surface area contributed by atoms with E-state index in [4.69, 9.17) is 0 Å². The zero-order valence-electron chi connectivity index (χ0n) is 13.5. The lowest BCUT2D eigenvalue weighted by atomic mass is 9.78. The van der Waals surface area contributed by atoms with E-state index in [1.165, 1.54) is 63.4 Å². The Labute approximate surface area is 121 Å². The first-order chi connectivity index (χ1) is 9.15. The van der Waals surface area contributed by atoms with Crippen molar-refractivity contribution in [3.8, 4) is 0 Å². The van der Waals surface area contributed by atoms with Gasteiger partial charge in [-0.1, -0.05) is 45.8 Å². The molecule has 0 heterocycles. The fourth-order valence-electron chi connectivity index (χ4n) is 4.52. The Bertz CT molecular complexity index is 290. The molecule has 0 aromatic rings.